The van der Waals surface area contributed by atoms with E-state index in [1.807, 2.05) is 23.1 Å². The first-order valence-electron chi connectivity index (χ1n) is 5.33. The molecule has 3 nitrogen and oxygen atoms in total. The topological polar surface area (TPSA) is 43.8 Å². The van der Waals surface area contributed by atoms with Crippen LogP contribution in [0.3, 0.4) is 0 Å². The third-order valence-corrected chi connectivity index (χ3v) is 3.77. The van der Waals surface area contributed by atoms with Crippen molar-refractivity contribution in [3.8, 4) is 0 Å². The lowest BCUT2D eigenvalue weighted by Crippen LogP contribution is -2.05. The van der Waals surface area contributed by atoms with Gasteiger partial charge in [-0.15, -0.1) is 0 Å². The minimum Gasteiger partial charge on any atom is -0.330 e. The summed E-state index contributed by atoms with van der Waals surface area (Å²) in [6.07, 6.45) is 5.06. The zero-order valence-electron chi connectivity index (χ0n) is 8.98. The van der Waals surface area contributed by atoms with Gasteiger partial charge < -0.3 is 5.73 Å². The van der Waals surface area contributed by atoms with Crippen LogP contribution in [0.4, 0.5) is 0 Å². The van der Waals surface area contributed by atoms with Crippen LogP contribution < -0.4 is 5.73 Å². The quantitative estimate of drug-likeness (QED) is 0.787. The highest BCUT2D eigenvalue weighted by molar-refractivity contribution is 5.04. The maximum absolute atomic E-state index is 5.73. The van der Waals surface area contributed by atoms with Crippen molar-refractivity contribution >= 4 is 0 Å². The molecule has 2 unspecified atom stereocenters. The molecule has 1 aromatic heterocycles. The molecule has 1 aromatic rings. The summed E-state index contributed by atoms with van der Waals surface area (Å²) in [4.78, 5) is 0. The predicted molar refractivity (Wildman–Crippen MR) is 56.7 cm³/mol. The van der Waals surface area contributed by atoms with Crippen LogP contribution in [0.25, 0.3) is 0 Å². The van der Waals surface area contributed by atoms with Gasteiger partial charge in [-0.1, -0.05) is 13.8 Å². The van der Waals surface area contributed by atoms with Crippen LogP contribution in [0, 0.1) is 17.3 Å². The molecule has 0 aliphatic heterocycles. The molecule has 1 aliphatic carbocycles. The maximum atomic E-state index is 5.73. The van der Waals surface area contributed by atoms with Crippen molar-refractivity contribution in [3.63, 3.8) is 0 Å². The minimum absolute atomic E-state index is 0.460. The number of aromatic nitrogens is 2. The second kappa shape index (κ2) is 3.39. The van der Waals surface area contributed by atoms with Gasteiger partial charge in [0.1, 0.15) is 0 Å². The van der Waals surface area contributed by atoms with Gasteiger partial charge in [0, 0.05) is 18.9 Å². The Morgan fingerprint density at radius 1 is 1.43 bits per heavy atom. The molecule has 1 fully saturated rings. The predicted octanol–water partition coefficient (Wildman–Crippen LogP) is 1.50. The van der Waals surface area contributed by atoms with Crippen molar-refractivity contribution in [2.45, 2.75) is 26.8 Å². The summed E-state index contributed by atoms with van der Waals surface area (Å²) in [5.41, 5.74) is 6.19. The summed E-state index contributed by atoms with van der Waals surface area (Å²) in [6, 6.07) is 1.97. The van der Waals surface area contributed by atoms with Crippen LogP contribution in [0.15, 0.2) is 18.5 Å². The summed E-state index contributed by atoms with van der Waals surface area (Å²) in [5.74, 6) is 1.51. The van der Waals surface area contributed by atoms with E-state index in [4.69, 9.17) is 5.73 Å². The van der Waals surface area contributed by atoms with E-state index in [-0.39, 0.29) is 0 Å². The van der Waals surface area contributed by atoms with Gasteiger partial charge in [0.05, 0.1) is 0 Å². The van der Waals surface area contributed by atoms with Crippen molar-refractivity contribution in [2.24, 2.45) is 23.0 Å². The second-order valence-corrected chi connectivity index (χ2v) is 4.83. The van der Waals surface area contributed by atoms with Gasteiger partial charge in [-0.2, -0.15) is 5.10 Å². The van der Waals surface area contributed by atoms with Gasteiger partial charge in [-0.25, -0.2) is 0 Å². The summed E-state index contributed by atoms with van der Waals surface area (Å²) in [7, 11) is 0. The van der Waals surface area contributed by atoms with E-state index in [2.05, 4.69) is 18.9 Å². The molecule has 3 heteroatoms. The molecule has 0 saturated heterocycles. The fourth-order valence-electron chi connectivity index (χ4n) is 2.60. The summed E-state index contributed by atoms with van der Waals surface area (Å²) >= 11 is 0. The Morgan fingerprint density at radius 3 is 2.71 bits per heavy atom. The van der Waals surface area contributed by atoms with E-state index < -0.39 is 0 Å². The van der Waals surface area contributed by atoms with Crippen LogP contribution in [0.2, 0.25) is 0 Å². The third kappa shape index (κ3) is 1.57. The molecule has 0 spiro atoms. The number of hydrogen-bond donors (Lipinski definition) is 1. The van der Waals surface area contributed by atoms with Crippen LogP contribution in [-0.2, 0) is 6.54 Å². The normalized spacial score (nSPS) is 29.1. The summed E-state index contributed by atoms with van der Waals surface area (Å²) in [5, 5.41) is 4.20. The Balaban J connectivity index is 1.83. The summed E-state index contributed by atoms with van der Waals surface area (Å²) in [6.45, 7) is 6.49. The Labute approximate surface area is 85.3 Å². The molecule has 2 N–H and O–H groups in total. The molecule has 2 rings (SSSR count). The first-order valence-corrected chi connectivity index (χ1v) is 5.33. The molecule has 1 heterocycles. The van der Waals surface area contributed by atoms with Crippen molar-refractivity contribution in [3.05, 3.63) is 18.5 Å². The molecule has 14 heavy (non-hydrogen) atoms. The molecule has 0 radical (unpaired) electrons. The van der Waals surface area contributed by atoms with E-state index in [1.54, 1.807) is 0 Å². The third-order valence-electron chi connectivity index (χ3n) is 3.77. The highest BCUT2D eigenvalue weighted by atomic mass is 15.3. The minimum atomic E-state index is 0.460. The fraction of sp³-hybridized carbons (Fsp3) is 0.727. The molecule has 1 aliphatic rings. The average Bonchev–Trinajstić information content (AvgIpc) is 2.57. The highest BCUT2D eigenvalue weighted by Crippen LogP contribution is 2.59. The molecule has 1 saturated carbocycles. The lowest BCUT2D eigenvalue weighted by molar-refractivity contribution is 0.476. The van der Waals surface area contributed by atoms with Gasteiger partial charge in [-0.3, -0.25) is 4.68 Å². The van der Waals surface area contributed by atoms with Gasteiger partial charge in [0.2, 0.25) is 0 Å². The monoisotopic (exact) mass is 193 g/mol. The summed E-state index contributed by atoms with van der Waals surface area (Å²) < 4.78 is 2.00. The fourth-order valence-corrected chi connectivity index (χ4v) is 2.60. The van der Waals surface area contributed by atoms with Crippen molar-refractivity contribution in [1.82, 2.24) is 9.78 Å². The number of hydrogen-bond acceptors (Lipinski definition) is 2. The molecular formula is C11H19N3. The van der Waals surface area contributed by atoms with E-state index in [1.165, 1.54) is 6.42 Å². The van der Waals surface area contributed by atoms with E-state index in [9.17, 15) is 0 Å². The maximum Gasteiger partial charge on any atom is 0.0489 e. The van der Waals surface area contributed by atoms with Crippen LogP contribution >= 0.6 is 0 Å². The van der Waals surface area contributed by atoms with Crippen molar-refractivity contribution < 1.29 is 0 Å². The van der Waals surface area contributed by atoms with Gasteiger partial charge >= 0.3 is 0 Å². The first kappa shape index (κ1) is 9.71. The molecule has 0 amide bonds. The molecule has 0 aromatic carbocycles. The van der Waals surface area contributed by atoms with E-state index in [0.29, 0.717) is 5.41 Å². The van der Waals surface area contributed by atoms with Gasteiger partial charge in [-0.05, 0) is 36.3 Å². The number of rotatable bonds is 4. The van der Waals surface area contributed by atoms with Crippen LogP contribution in [0.5, 0.6) is 0 Å². The molecule has 0 bridgehead atoms. The Kier molecular flexibility index (Phi) is 2.35. The van der Waals surface area contributed by atoms with Gasteiger partial charge in [0.25, 0.3) is 0 Å². The van der Waals surface area contributed by atoms with Gasteiger partial charge in [0.15, 0.2) is 0 Å². The van der Waals surface area contributed by atoms with E-state index in [0.717, 1.165) is 24.9 Å². The standard InChI is InChI=1S/C11H19N3/c1-11(2)9(10(11)8-12)4-7-14-6-3-5-13-14/h3,5-6,9-10H,4,7-8,12H2,1-2H3. The van der Waals surface area contributed by atoms with Crippen molar-refractivity contribution in [1.29, 1.82) is 0 Å². The first-order chi connectivity index (χ1) is 6.66. The Morgan fingerprint density at radius 2 is 2.21 bits per heavy atom. The zero-order valence-corrected chi connectivity index (χ0v) is 8.98. The molecule has 2 atom stereocenters. The second-order valence-electron chi connectivity index (χ2n) is 4.83. The molecular weight excluding hydrogens is 174 g/mol. The van der Waals surface area contributed by atoms with Crippen LogP contribution in [-0.4, -0.2) is 16.3 Å². The Bertz CT molecular complexity index is 289. The number of nitrogens with zero attached hydrogens (tertiary/aromatic N) is 2. The zero-order chi connectivity index (χ0) is 10.2. The SMILES string of the molecule is CC1(C)C(CN)C1CCn1cccn1. The molecule has 78 valence electrons. The lowest BCUT2D eigenvalue weighted by Gasteiger charge is -2.02. The average molecular weight is 193 g/mol. The lowest BCUT2D eigenvalue weighted by atomic mass is 10.1. The largest absolute Gasteiger partial charge is 0.330 e. The number of nitrogens with two attached hydrogens (primary N) is 1. The van der Waals surface area contributed by atoms with Crippen LogP contribution in [0.1, 0.15) is 20.3 Å². The van der Waals surface area contributed by atoms with E-state index >= 15 is 0 Å². The number of aryl methyl sites for hydroxylation is 1. The smallest absolute Gasteiger partial charge is 0.0489 e. The highest BCUT2D eigenvalue weighted by Gasteiger charge is 2.55. The Hall–Kier alpha value is -0.830. The van der Waals surface area contributed by atoms with Crippen molar-refractivity contribution in [2.75, 3.05) is 6.54 Å².